The number of benzene rings is 4. The number of oxazole rings is 2. The van der Waals surface area contributed by atoms with Crippen molar-refractivity contribution in [1.29, 1.82) is 0 Å². The molecule has 0 amide bonds. The summed E-state index contributed by atoms with van der Waals surface area (Å²) >= 11 is 0. The zero-order valence-electron chi connectivity index (χ0n) is 23.2. The van der Waals surface area contributed by atoms with Crippen molar-refractivity contribution in [3.05, 3.63) is 131 Å². The summed E-state index contributed by atoms with van der Waals surface area (Å²) in [6.45, 7) is 8.87. The Morgan fingerprint density at radius 1 is 0.600 bits per heavy atom. The Morgan fingerprint density at radius 3 is 1.43 bits per heavy atom. The van der Waals surface area contributed by atoms with Crippen LogP contribution in [0.2, 0.25) is 12.6 Å². The number of aryl methyl sites for hydroxylation is 2. The summed E-state index contributed by atoms with van der Waals surface area (Å²) in [5.41, 5.74) is 10.3. The Balaban J connectivity index is 1.61. The van der Waals surface area contributed by atoms with Crippen molar-refractivity contribution >= 4 is 51.8 Å². The number of hydrogen-bond donors (Lipinski definition) is 0. The number of hydrogen-bond acceptors (Lipinski definition) is 4. The molecule has 196 valence electrons. The van der Waals surface area contributed by atoms with Gasteiger partial charge in [0.1, 0.15) is 19.1 Å². The van der Waals surface area contributed by atoms with Crippen molar-refractivity contribution in [2.75, 3.05) is 0 Å². The standard InChI is InChI=1S/C35H30N2O2Si/c1-5-40(4)32(34-36-26-20-22(2)16-18-28(26)38-34)30(24-12-8-6-9-13-24)31(25-14-10-7-11-15-25)33(40)35-37-27-21-23(3)17-19-29(27)39-35/h6-21H,5H2,1-4H3. The van der Waals surface area contributed by atoms with Crippen LogP contribution < -0.4 is 0 Å². The van der Waals surface area contributed by atoms with Crippen molar-refractivity contribution < 1.29 is 8.83 Å². The zero-order valence-corrected chi connectivity index (χ0v) is 24.2. The predicted molar refractivity (Wildman–Crippen MR) is 166 cm³/mol. The Labute approximate surface area is 234 Å². The highest BCUT2D eigenvalue weighted by Crippen LogP contribution is 2.56. The SMILES string of the molecule is CC[Si]1(C)C(c2nc3cc(C)ccc3o2)=C(c2ccccc2)C(c2ccccc2)=C1c1nc2cc(C)ccc2o1. The molecule has 0 N–H and O–H groups in total. The number of aromatic nitrogens is 2. The van der Waals surface area contributed by atoms with Gasteiger partial charge in [0.15, 0.2) is 11.2 Å². The molecule has 4 nitrogen and oxygen atoms in total. The molecule has 7 rings (SSSR count). The predicted octanol–water partition coefficient (Wildman–Crippen LogP) is 9.30. The van der Waals surface area contributed by atoms with E-state index >= 15 is 0 Å². The smallest absolute Gasteiger partial charge is 0.220 e. The van der Waals surface area contributed by atoms with E-state index < -0.39 is 8.07 Å². The van der Waals surface area contributed by atoms with Crippen LogP contribution in [0.15, 0.2) is 106 Å². The van der Waals surface area contributed by atoms with Gasteiger partial charge in [-0.1, -0.05) is 92.3 Å². The molecule has 0 spiro atoms. The lowest BCUT2D eigenvalue weighted by Crippen LogP contribution is -2.32. The monoisotopic (exact) mass is 538 g/mol. The van der Waals surface area contributed by atoms with E-state index in [1.165, 1.54) is 21.5 Å². The van der Waals surface area contributed by atoms with Crippen molar-refractivity contribution in [1.82, 2.24) is 9.97 Å². The molecule has 5 heteroatoms. The van der Waals surface area contributed by atoms with Gasteiger partial charge in [0.25, 0.3) is 0 Å². The molecular formula is C35H30N2O2Si. The van der Waals surface area contributed by atoms with E-state index in [2.05, 4.69) is 112 Å². The summed E-state index contributed by atoms with van der Waals surface area (Å²) in [6, 6.07) is 34.6. The van der Waals surface area contributed by atoms with Crippen molar-refractivity contribution in [3.63, 3.8) is 0 Å². The fourth-order valence-corrected chi connectivity index (χ4v) is 9.80. The highest BCUT2D eigenvalue weighted by atomic mass is 28.3. The van der Waals surface area contributed by atoms with E-state index in [1.54, 1.807) is 0 Å². The number of nitrogens with zero attached hydrogens (tertiary/aromatic N) is 2. The first-order chi connectivity index (χ1) is 19.5. The molecule has 3 heterocycles. The normalized spacial score (nSPS) is 15.1. The maximum absolute atomic E-state index is 6.59. The third-order valence-corrected chi connectivity index (χ3v) is 12.7. The maximum atomic E-state index is 6.59. The van der Waals surface area contributed by atoms with E-state index in [4.69, 9.17) is 18.8 Å². The van der Waals surface area contributed by atoms with Gasteiger partial charge < -0.3 is 8.83 Å². The fraction of sp³-hybridized carbons (Fsp3) is 0.143. The molecule has 0 unspecified atom stereocenters. The molecule has 0 radical (unpaired) electrons. The summed E-state index contributed by atoms with van der Waals surface area (Å²) in [6.07, 6.45) is 0. The van der Waals surface area contributed by atoms with Crippen LogP contribution in [0.1, 0.15) is 41.0 Å². The first-order valence-electron chi connectivity index (χ1n) is 13.8. The minimum atomic E-state index is -2.50. The summed E-state index contributed by atoms with van der Waals surface area (Å²) in [7, 11) is -2.50. The third kappa shape index (κ3) is 3.80. The molecule has 4 aromatic carbocycles. The summed E-state index contributed by atoms with van der Waals surface area (Å²) < 4.78 is 13.2. The summed E-state index contributed by atoms with van der Waals surface area (Å²) in [4.78, 5) is 10.2. The van der Waals surface area contributed by atoms with Gasteiger partial charge in [0.2, 0.25) is 11.8 Å². The summed E-state index contributed by atoms with van der Waals surface area (Å²) in [5, 5.41) is 2.39. The molecule has 2 aromatic heterocycles. The second-order valence-electron chi connectivity index (χ2n) is 10.9. The molecule has 40 heavy (non-hydrogen) atoms. The molecule has 0 saturated heterocycles. The largest absolute Gasteiger partial charge is 0.437 e. The molecule has 1 aliphatic heterocycles. The van der Waals surface area contributed by atoms with Crippen LogP contribution in [0.5, 0.6) is 0 Å². The van der Waals surface area contributed by atoms with Crippen molar-refractivity contribution in [2.24, 2.45) is 0 Å². The molecule has 1 aliphatic rings. The van der Waals surface area contributed by atoms with Gasteiger partial charge in [-0.15, -0.1) is 0 Å². The van der Waals surface area contributed by atoms with E-state index in [9.17, 15) is 0 Å². The molecule has 0 fully saturated rings. The average Bonchev–Trinajstić information content (AvgIpc) is 3.65. The minimum Gasteiger partial charge on any atom is -0.437 e. The van der Waals surface area contributed by atoms with Crippen LogP contribution in [0.4, 0.5) is 0 Å². The van der Waals surface area contributed by atoms with Crippen LogP contribution in [-0.4, -0.2) is 18.0 Å². The third-order valence-electron chi connectivity index (χ3n) is 8.20. The van der Waals surface area contributed by atoms with Gasteiger partial charge in [-0.25, -0.2) is 9.97 Å². The van der Waals surface area contributed by atoms with Gasteiger partial charge in [0, 0.05) is 10.4 Å². The van der Waals surface area contributed by atoms with E-state index in [1.807, 2.05) is 12.1 Å². The van der Waals surface area contributed by atoms with Crippen molar-refractivity contribution in [2.45, 2.75) is 33.4 Å². The highest BCUT2D eigenvalue weighted by Gasteiger charge is 2.49. The Hall–Kier alpha value is -4.48. The molecule has 0 bridgehead atoms. The Bertz CT molecular complexity index is 1820. The molecule has 0 atom stereocenters. The van der Waals surface area contributed by atoms with E-state index in [-0.39, 0.29) is 0 Å². The van der Waals surface area contributed by atoms with Crippen molar-refractivity contribution in [3.8, 4) is 0 Å². The second-order valence-corrected chi connectivity index (χ2v) is 15.3. The van der Waals surface area contributed by atoms with Crippen LogP contribution >= 0.6 is 0 Å². The summed E-state index contributed by atoms with van der Waals surface area (Å²) in [5.74, 6) is 1.40. The number of fused-ring (bicyclic) bond motifs is 2. The second kappa shape index (κ2) is 9.32. The lowest BCUT2D eigenvalue weighted by molar-refractivity contribution is 0.585. The zero-order chi connectivity index (χ0) is 27.4. The molecule has 6 aromatic rings. The topological polar surface area (TPSA) is 52.1 Å². The van der Waals surface area contributed by atoms with Crippen LogP contribution in [0.25, 0.3) is 43.7 Å². The van der Waals surface area contributed by atoms with Gasteiger partial charge in [-0.2, -0.15) is 0 Å². The number of rotatable bonds is 5. The lowest BCUT2D eigenvalue weighted by Gasteiger charge is -2.25. The average molecular weight is 539 g/mol. The van der Waals surface area contributed by atoms with Gasteiger partial charge in [-0.3, -0.25) is 0 Å². The highest BCUT2D eigenvalue weighted by molar-refractivity contribution is 7.13. The van der Waals surface area contributed by atoms with Crippen LogP contribution in [0, 0.1) is 13.8 Å². The molecular weight excluding hydrogens is 508 g/mol. The van der Waals surface area contributed by atoms with Crippen LogP contribution in [-0.2, 0) is 0 Å². The minimum absolute atomic E-state index is 0.700. The molecule has 0 aliphatic carbocycles. The van der Waals surface area contributed by atoms with Gasteiger partial charge in [-0.05, 0) is 71.5 Å². The van der Waals surface area contributed by atoms with Gasteiger partial charge in [0.05, 0.1) is 0 Å². The van der Waals surface area contributed by atoms with Crippen LogP contribution in [0.3, 0.4) is 0 Å². The first kappa shape index (κ1) is 24.5. The van der Waals surface area contributed by atoms with E-state index in [0.29, 0.717) is 11.8 Å². The van der Waals surface area contributed by atoms with Gasteiger partial charge >= 0.3 is 0 Å². The molecule has 0 saturated carbocycles. The fourth-order valence-electron chi connectivity index (χ4n) is 6.04. The first-order valence-corrected chi connectivity index (χ1v) is 16.5. The Morgan fingerprint density at radius 2 is 1.02 bits per heavy atom. The Kier molecular flexibility index (Phi) is 5.72. The van der Waals surface area contributed by atoms with E-state index in [0.717, 1.165) is 50.5 Å². The quantitative estimate of drug-likeness (QED) is 0.205. The lowest BCUT2D eigenvalue weighted by atomic mass is 9.91. The maximum Gasteiger partial charge on any atom is 0.220 e. The number of allylic oxidation sites excluding steroid dienone is 2.